The minimum atomic E-state index is -3.66. The van der Waals surface area contributed by atoms with Crippen LogP contribution in [0.25, 0.3) is 0 Å². The molecule has 0 radical (unpaired) electrons. The molecule has 0 aliphatic carbocycles. The second kappa shape index (κ2) is 7.15. The highest BCUT2D eigenvalue weighted by atomic mass is 32.2. The summed E-state index contributed by atoms with van der Waals surface area (Å²) in [6.07, 6.45) is 2.02. The monoisotopic (exact) mass is 311 g/mol. The molecule has 0 spiro atoms. The molecule has 1 aliphatic heterocycles. The Morgan fingerprint density at radius 3 is 2.52 bits per heavy atom. The molecule has 1 aromatic carbocycles. The molecule has 21 heavy (non-hydrogen) atoms. The van der Waals surface area contributed by atoms with Gasteiger partial charge in [-0.2, -0.15) is 4.31 Å². The first-order chi connectivity index (χ1) is 10.00. The Morgan fingerprint density at radius 1 is 1.10 bits per heavy atom. The lowest BCUT2D eigenvalue weighted by molar-refractivity contribution is -0.119. The van der Waals surface area contributed by atoms with Gasteiger partial charge in [0, 0.05) is 25.9 Å². The van der Waals surface area contributed by atoms with Crippen molar-refractivity contribution in [2.75, 3.05) is 13.1 Å². The van der Waals surface area contributed by atoms with Gasteiger partial charge >= 0.3 is 0 Å². The minimum Gasteiger partial charge on any atom is -0.392 e. The van der Waals surface area contributed by atoms with E-state index < -0.39 is 16.1 Å². The zero-order chi connectivity index (χ0) is 15.3. The summed E-state index contributed by atoms with van der Waals surface area (Å²) >= 11 is 0. The Labute approximate surface area is 125 Å². The first-order valence-electron chi connectivity index (χ1n) is 7.25. The van der Waals surface area contributed by atoms with Crippen molar-refractivity contribution in [3.63, 3.8) is 0 Å². The van der Waals surface area contributed by atoms with Crippen molar-refractivity contribution in [2.24, 2.45) is 0 Å². The summed E-state index contributed by atoms with van der Waals surface area (Å²) in [4.78, 5) is 11.9. The van der Waals surface area contributed by atoms with Crippen molar-refractivity contribution >= 4 is 15.8 Å². The number of ketones is 1. The molecule has 0 aromatic heterocycles. The smallest absolute Gasteiger partial charge is 0.243 e. The van der Waals surface area contributed by atoms with Crippen LogP contribution in [-0.4, -0.2) is 42.8 Å². The third-order valence-corrected chi connectivity index (χ3v) is 5.56. The van der Waals surface area contributed by atoms with E-state index in [9.17, 15) is 18.3 Å². The molecule has 0 saturated carbocycles. The van der Waals surface area contributed by atoms with Crippen molar-refractivity contribution in [2.45, 2.75) is 43.1 Å². The number of nitrogens with zero attached hydrogens (tertiary/aromatic N) is 1. The fraction of sp³-hybridized carbons (Fsp3) is 0.533. The Morgan fingerprint density at radius 2 is 1.81 bits per heavy atom. The van der Waals surface area contributed by atoms with E-state index in [1.807, 2.05) is 0 Å². The summed E-state index contributed by atoms with van der Waals surface area (Å²) in [7, 11) is -3.66. The van der Waals surface area contributed by atoms with Crippen molar-refractivity contribution in [1.82, 2.24) is 4.31 Å². The van der Waals surface area contributed by atoms with Gasteiger partial charge in [0.15, 0.2) is 0 Å². The molecule has 6 heteroatoms. The molecule has 2 rings (SSSR count). The molecule has 1 unspecified atom stereocenters. The number of sulfonamides is 1. The summed E-state index contributed by atoms with van der Waals surface area (Å²) < 4.78 is 26.4. The number of aliphatic hydroxyl groups excluding tert-OH is 1. The zero-order valence-corrected chi connectivity index (χ0v) is 12.8. The van der Waals surface area contributed by atoms with Crippen molar-refractivity contribution in [1.29, 1.82) is 0 Å². The van der Waals surface area contributed by atoms with Crippen molar-refractivity contribution < 1.29 is 18.3 Å². The predicted octanol–water partition coefficient (Wildman–Crippen LogP) is 1.57. The van der Waals surface area contributed by atoms with Gasteiger partial charge in [-0.1, -0.05) is 24.6 Å². The molecule has 0 amide bonds. The Balaban J connectivity index is 2.22. The average Bonchev–Trinajstić information content (AvgIpc) is 2.48. The molecule has 1 fully saturated rings. The molecular weight excluding hydrogens is 290 g/mol. The van der Waals surface area contributed by atoms with Crippen LogP contribution in [0, 0.1) is 0 Å². The topological polar surface area (TPSA) is 74.7 Å². The van der Waals surface area contributed by atoms with Crippen LogP contribution in [0.5, 0.6) is 0 Å². The molecule has 1 saturated heterocycles. The van der Waals surface area contributed by atoms with Gasteiger partial charge in [0.2, 0.25) is 10.0 Å². The molecule has 1 aromatic rings. The quantitative estimate of drug-likeness (QED) is 0.899. The fourth-order valence-corrected chi connectivity index (χ4v) is 3.95. The molecule has 1 atom stereocenters. The molecular formula is C15H21NO4S. The van der Waals surface area contributed by atoms with E-state index >= 15 is 0 Å². The molecule has 0 bridgehead atoms. The van der Waals surface area contributed by atoms with Gasteiger partial charge in [-0.15, -0.1) is 0 Å². The van der Waals surface area contributed by atoms with E-state index in [2.05, 4.69) is 0 Å². The fourth-order valence-electron chi connectivity index (χ4n) is 2.45. The second-order valence-electron chi connectivity index (χ2n) is 5.36. The number of hydrogen-bond donors (Lipinski definition) is 1. The summed E-state index contributed by atoms with van der Waals surface area (Å²) in [6, 6.07) is 8.14. The maximum absolute atomic E-state index is 12.6. The third kappa shape index (κ3) is 4.36. The Bertz CT molecular complexity index is 571. The Hall–Kier alpha value is -1.24. The van der Waals surface area contributed by atoms with Crippen LogP contribution in [0.1, 0.15) is 32.1 Å². The van der Waals surface area contributed by atoms with Crippen LogP contribution in [0.15, 0.2) is 35.2 Å². The lowest BCUT2D eigenvalue weighted by Gasteiger charge is -2.25. The predicted molar refractivity (Wildman–Crippen MR) is 79.3 cm³/mol. The molecule has 5 nitrogen and oxygen atoms in total. The highest BCUT2D eigenvalue weighted by molar-refractivity contribution is 7.89. The number of carbonyl (C=O) groups is 1. The van der Waals surface area contributed by atoms with Crippen LogP contribution >= 0.6 is 0 Å². The first kappa shape index (κ1) is 16.1. The van der Waals surface area contributed by atoms with E-state index in [4.69, 9.17) is 0 Å². The van der Waals surface area contributed by atoms with Gasteiger partial charge < -0.3 is 5.11 Å². The van der Waals surface area contributed by atoms with Crippen molar-refractivity contribution in [3.8, 4) is 0 Å². The van der Waals surface area contributed by atoms with E-state index in [1.54, 1.807) is 18.2 Å². The van der Waals surface area contributed by atoms with Gasteiger partial charge in [0.05, 0.1) is 11.0 Å². The molecule has 1 aliphatic rings. The number of hydrogen-bond acceptors (Lipinski definition) is 4. The Kier molecular flexibility index (Phi) is 5.50. The lowest BCUT2D eigenvalue weighted by Crippen LogP contribution is -2.39. The normalized spacial score (nSPS) is 22.9. The average molecular weight is 311 g/mol. The second-order valence-corrected chi connectivity index (χ2v) is 7.30. The van der Waals surface area contributed by atoms with E-state index in [0.29, 0.717) is 12.8 Å². The zero-order valence-electron chi connectivity index (χ0n) is 11.9. The van der Waals surface area contributed by atoms with E-state index in [-0.39, 0.29) is 30.2 Å². The third-order valence-electron chi connectivity index (χ3n) is 3.68. The summed E-state index contributed by atoms with van der Waals surface area (Å²) in [5.41, 5.74) is 0. The highest BCUT2D eigenvalue weighted by Gasteiger charge is 2.27. The minimum absolute atomic E-state index is 0.0461. The van der Waals surface area contributed by atoms with Gasteiger partial charge in [-0.3, -0.25) is 4.79 Å². The standard InChI is InChI=1S/C15H21NO4S/c17-13-6-4-5-7-14(18)12-16(11-10-13)21(19,20)15-8-2-1-3-9-15/h1-3,8-9,14,18H,4-7,10-12H2. The maximum Gasteiger partial charge on any atom is 0.243 e. The molecule has 1 N–H and O–H groups in total. The number of β-amino-alcohol motifs (C(OH)–C–C–N with tert-alkyl or cyclic N) is 1. The van der Waals surface area contributed by atoms with Crippen LogP contribution in [0.4, 0.5) is 0 Å². The van der Waals surface area contributed by atoms with Crippen LogP contribution in [0.2, 0.25) is 0 Å². The molecule has 116 valence electrons. The summed E-state index contributed by atoms with van der Waals surface area (Å²) in [5, 5.41) is 9.99. The number of Topliss-reactive ketones (excluding diaryl/α,β-unsaturated/α-hetero) is 1. The van der Waals surface area contributed by atoms with Gasteiger partial charge in [0.1, 0.15) is 5.78 Å². The van der Waals surface area contributed by atoms with Gasteiger partial charge in [0.25, 0.3) is 0 Å². The SMILES string of the molecule is O=C1CCCCC(O)CN(S(=O)(=O)c2ccccc2)CC1. The number of carbonyl (C=O) groups excluding carboxylic acids is 1. The van der Waals surface area contributed by atoms with Crippen LogP contribution < -0.4 is 0 Å². The van der Waals surface area contributed by atoms with Crippen LogP contribution in [-0.2, 0) is 14.8 Å². The highest BCUT2D eigenvalue weighted by Crippen LogP contribution is 2.19. The number of rotatable bonds is 2. The number of aliphatic hydroxyl groups is 1. The van der Waals surface area contributed by atoms with Crippen LogP contribution in [0.3, 0.4) is 0 Å². The number of benzene rings is 1. The largest absolute Gasteiger partial charge is 0.392 e. The van der Waals surface area contributed by atoms with Gasteiger partial charge in [-0.05, 0) is 25.0 Å². The maximum atomic E-state index is 12.6. The van der Waals surface area contributed by atoms with Gasteiger partial charge in [-0.25, -0.2) is 8.42 Å². The summed E-state index contributed by atoms with van der Waals surface area (Å²) in [6.45, 7) is 0.178. The van der Waals surface area contributed by atoms with E-state index in [1.165, 1.54) is 16.4 Å². The van der Waals surface area contributed by atoms with Crippen molar-refractivity contribution in [3.05, 3.63) is 30.3 Å². The summed E-state index contributed by atoms with van der Waals surface area (Å²) in [5.74, 6) is 0.0830. The first-order valence-corrected chi connectivity index (χ1v) is 8.69. The van der Waals surface area contributed by atoms with E-state index in [0.717, 1.165) is 12.8 Å². The lowest BCUT2D eigenvalue weighted by atomic mass is 10.1. The molecule has 1 heterocycles.